The van der Waals surface area contributed by atoms with Crippen molar-refractivity contribution >= 4 is 66.4 Å². The largest absolute Gasteiger partial charge is 0.368 e. The Morgan fingerprint density at radius 1 is 0.941 bits per heavy atom. The van der Waals surface area contributed by atoms with Gasteiger partial charge in [0.1, 0.15) is 12.1 Å². The van der Waals surface area contributed by atoms with Crippen LogP contribution < -0.4 is 20.9 Å². The van der Waals surface area contributed by atoms with Gasteiger partial charge in [-0.05, 0) is 59.2 Å². The summed E-state index contributed by atoms with van der Waals surface area (Å²) in [5.41, 5.74) is 0.872. The number of fused-ring (bicyclic) bond motifs is 1. The van der Waals surface area contributed by atoms with Crippen LogP contribution >= 0.6 is 31.9 Å². The van der Waals surface area contributed by atoms with E-state index >= 15 is 0 Å². The van der Waals surface area contributed by atoms with Crippen LogP contribution in [0, 0.1) is 11.8 Å². The minimum Gasteiger partial charge on any atom is -0.368 e. The standard InChI is InChI=1S/C23H29Br2N9/c1-13-7-14(2)11-34(10-13)23-32-21(31-22(33-23)30-16-3-4-16)27-6-5-26-20-17-8-15(24)9-18(25)19(17)28-12-29-20/h8-9,12-14,16H,3-7,10-11H2,1-2H3,(H,26,28,29)(H2,27,30,31,32,33). The number of halogens is 2. The molecule has 3 aromatic rings. The highest BCUT2D eigenvalue weighted by atomic mass is 79.9. The summed E-state index contributed by atoms with van der Waals surface area (Å²) in [6.07, 6.45) is 5.16. The minimum absolute atomic E-state index is 0.480. The van der Waals surface area contributed by atoms with Crippen molar-refractivity contribution in [2.45, 2.75) is 39.2 Å². The smallest absolute Gasteiger partial charge is 0.231 e. The van der Waals surface area contributed by atoms with E-state index in [1.807, 2.05) is 12.1 Å². The molecule has 2 fully saturated rings. The van der Waals surface area contributed by atoms with Crippen molar-refractivity contribution in [3.8, 4) is 0 Å². The van der Waals surface area contributed by atoms with Gasteiger partial charge in [0.05, 0.1) is 5.52 Å². The molecular formula is C23H29Br2N9. The Hall–Kier alpha value is -2.27. The second kappa shape index (κ2) is 10.2. The van der Waals surface area contributed by atoms with E-state index in [1.54, 1.807) is 6.33 Å². The second-order valence-electron chi connectivity index (χ2n) is 9.41. The molecule has 1 aliphatic heterocycles. The number of anilines is 4. The van der Waals surface area contributed by atoms with Crippen molar-refractivity contribution in [3.63, 3.8) is 0 Å². The molecule has 0 radical (unpaired) electrons. The van der Waals surface area contributed by atoms with Crippen LogP contribution in [0.25, 0.3) is 10.9 Å². The van der Waals surface area contributed by atoms with Gasteiger partial charge < -0.3 is 20.9 Å². The number of benzene rings is 1. The predicted molar refractivity (Wildman–Crippen MR) is 144 cm³/mol. The van der Waals surface area contributed by atoms with Gasteiger partial charge in [-0.15, -0.1) is 0 Å². The normalized spacial score (nSPS) is 20.4. The number of aromatic nitrogens is 5. The lowest BCUT2D eigenvalue weighted by atomic mass is 9.92. The molecule has 0 spiro atoms. The van der Waals surface area contributed by atoms with Gasteiger partial charge in [0.15, 0.2) is 0 Å². The van der Waals surface area contributed by atoms with Gasteiger partial charge in [-0.2, -0.15) is 15.0 Å². The minimum atomic E-state index is 0.480. The summed E-state index contributed by atoms with van der Waals surface area (Å²) < 4.78 is 1.90. The molecule has 2 aliphatic rings. The molecule has 1 saturated carbocycles. The maximum Gasteiger partial charge on any atom is 0.231 e. The van der Waals surface area contributed by atoms with Crippen LogP contribution in [0.15, 0.2) is 27.4 Å². The summed E-state index contributed by atoms with van der Waals surface area (Å²) in [5, 5.41) is 11.2. The molecule has 1 aliphatic carbocycles. The van der Waals surface area contributed by atoms with Gasteiger partial charge in [-0.1, -0.05) is 29.8 Å². The monoisotopic (exact) mass is 589 g/mol. The molecule has 11 heteroatoms. The van der Waals surface area contributed by atoms with E-state index < -0.39 is 0 Å². The van der Waals surface area contributed by atoms with Gasteiger partial charge in [0, 0.05) is 46.6 Å². The summed E-state index contributed by atoms with van der Waals surface area (Å²) in [7, 11) is 0. The molecule has 2 aromatic heterocycles. The molecule has 2 unspecified atom stereocenters. The summed E-state index contributed by atoms with van der Waals surface area (Å²) in [5.74, 6) is 4.05. The molecule has 5 rings (SSSR count). The Morgan fingerprint density at radius 2 is 1.68 bits per heavy atom. The topological polar surface area (TPSA) is 104 Å². The fourth-order valence-corrected chi connectivity index (χ4v) is 5.80. The molecule has 3 N–H and O–H groups in total. The molecule has 9 nitrogen and oxygen atoms in total. The van der Waals surface area contributed by atoms with Crippen molar-refractivity contribution in [2.24, 2.45) is 11.8 Å². The maximum absolute atomic E-state index is 4.76. The summed E-state index contributed by atoms with van der Waals surface area (Å²) in [4.78, 5) is 25.2. The zero-order valence-electron chi connectivity index (χ0n) is 19.4. The van der Waals surface area contributed by atoms with E-state index in [4.69, 9.17) is 9.97 Å². The lowest BCUT2D eigenvalue weighted by molar-refractivity contribution is 0.353. The van der Waals surface area contributed by atoms with Crippen molar-refractivity contribution in [2.75, 3.05) is 47.0 Å². The van der Waals surface area contributed by atoms with E-state index in [0.29, 0.717) is 42.9 Å². The first-order valence-corrected chi connectivity index (χ1v) is 13.4. The highest BCUT2D eigenvalue weighted by Gasteiger charge is 2.26. The quantitative estimate of drug-likeness (QED) is 0.315. The summed E-state index contributed by atoms with van der Waals surface area (Å²) in [6, 6.07) is 4.48. The van der Waals surface area contributed by atoms with Crippen molar-refractivity contribution in [3.05, 3.63) is 27.4 Å². The van der Waals surface area contributed by atoms with Crippen LogP contribution in [0.4, 0.5) is 23.7 Å². The molecule has 1 aromatic carbocycles. The third-order valence-corrected chi connectivity index (χ3v) is 7.11. The van der Waals surface area contributed by atoms with E-state index in [2.05, 4.69) is 81.5 Å². The third kappa shape index (κ3) is 5.68. The Labute approximate surface area is 216 Å². The zero-order valence-corrected chi connectivity index (χ0v) is 22.5. The Kier molecular flexibility index (Phi) is 7.01. The van der Waals surface area contributed by atoms with Crippen LogP contribution in [-0.4, -0.2) is 57.1 Å². The van der Waals surface area contributed by atoms with Gasteiger partial charge in [-0.25, -0.2) is 9.97 Å². The lowest BCUT2D eigenvalue weighted by Crippen LogP contribution is -2.40. The number of nitrogens with one attached hydrogen (secondary N) is 3. The summed E-state index contributed by atoms with van der Waals surface area (Å²) >= 11 is 7.12. The first-order valence-electron chi connectivity index (χ1n) is 11.8. The van der Waals surface area contributed by atoms with Gasteiger partial charge in [-0.3, -0.25) is 0 Å². The summed E-state index contributed by atoms with van der Waals surface area (Å²) in [6.45, 7) is 7.84. The molecule has 3 heterocycles. The SMILES string of the molecule is CC1CC(C)CN(c2nc(NCCNc3ncnc4c(Br)cc(Br)cc34)nc(NC3CC3)n2)C1. The molecule has 1 saturated heterocycles. The molecule has 2 atom stereocenters. The second-order valence-corrected chi connectivity index (χ2v) is 11.2. The zero-order chi connectivity index (χ0) is 23.7. The third-order valence-electron chi connectivity index (χ3n) is 6.04. The molecule has 0 bridgehead atoms. The average Bonchev–Trinajstić information content (AvgIpc) is 3.60. The van der Waals surface area contributed by atoms with Crippen LogP contribution in [0.2, 0.25) is 0 Å². The molecule has 0 amide bonds. The first-order chi connectivity index (χ1) is 16.4. The van der Waals surface area contributed by atoms with Crippen LogP contribution in [-0.2, 0) is 0 Å². The number of piperidine rings is 1. The average molecular weight is 591 g/mol. The number of nitrogens with zero attached hydrogens (tertiary/aromatic N) is 6. The molecule has 180 valence electrons. The van der Waals surface area contributed by atoms with E-state index in [-0.39, 0.29) is 0 Å². The van der Waals surface area contributed by atoms with E-state index in [0.717, 1.165) is 44.7 Å². The van der Waals surface area contributed by atoms with Crippen molar-refractivity contribution in [1.29, 1.82) is 0 Å². The highest BCUT2D eigenvalue weighted by Crippen LogP contribution is 2.30. The Balaban J connectivity index is 1.27. The number of rotatable bonds is 8. The fraction of sp³-hybridized carbons (Fsp3) is 0.522. The van der Waals surface area contributed by atoms with Gasteiger partial charge in [0.2, 0.25) is 17.8 Å². The van der Waals surface area contributed by atoms with Crippen molar-refractivity contribution in [1.82, 2.24) is 24.9 Å². The number of hydrogen-bond acceptors (Lipinski definition) is 9. The highest BCUT2D eigenvalue weighted by molar-refractivity contribution is 9.11. The van der Waals surface area contributed by atoms with E-state index in [9.17, 15) is 0 Å². The Morgan fingerprint density at radius 3 is 2.44 bits per heavy atom. The Bertz CT molecular complexity index is 1160. The fourth-order valence-electron chi connectivity index (χ4n) is 4.47. The molecule has 34 heavy (non-hydrogen) atoms. The molecular weight excluding hydrogens is 562 g/mol. The van der Waals surface area contributed by atoms with E-state index in [1.165, 1.54) is 19.3 Å². The number of hydrogen-bond donors (Lipinski definition) is 3. The van der Waals surface area contributed by atoms with Gasteiger partial charge in [0.25, 0.3) is 0 Å². The van der Waals surface area contributed by atoms with Crippen LogP contribution in [0.1, 0.15) is 33.1 Å². The predicted octanol–water partition coefficient (Wildman–Crippen LogP) is 4.92. The van der Waals surface area contributed by atoms with Crippen molar-refractivity contribution < 1.29 is 0 Å². The van der Waals surface area contributed by atoms with Crippen LogP contribution in [0.5, 0.6) is 0 Å². The van der Waals surface area contributed by atoms with Crippen LogP contribution in [0.3, 0.4) is 0 Å². The maximum atomic E-state index is 4.76. The lowest BCUT2D eigenvalue weighted by Gasteiger charge is -2.35. The first kappa shape index (κ1) is 23.5. The van der Waals surface area contributed by atoms with Gasteiger partial charge >= 0.3 is 0 Å².